The second-order valence-corrected chi connectivity index (χ2v) is 4.41. The van der Waals surface area contributed by atoms with Gasteiger partial charge in [-0.2, -0.15) is 5.26 Å². The summed E-state index contributed by atoms with van der Waals surface area (Å²) in [6.07, 6.45) is 0.859. The van der Waals surface area contributed by atoms with Crippen LogP contribution in [0.5, 0.6) is 0 Å². The second kappa shape index (κ2) is 5.89. The van der Waals surface area contributed by atoms with E-state index in [0.29, 0.717) is 0 Å². The van der Waals surface area contributed by atoms with Crippen molar-refractivity contribution in [3.8, 4) is 6.07 Å². The van der Waals surface area contributed by atoms with Crippen LogP contribution in [-0.4, -0.2) is 18.0 Å². The molecule has 0 heterocycles. The lowest BCUT2D eigenvalue weighted by Gasteiger charge is -2.21. The quantitative estimate of drug-likeness (QED) is 0.837. The van der Waals surface area contributed by atoms with Gasteiger partial charge in [-0.3, -0.25) is 4.90 Å². The number of nitrogens with zero attached hydrogens (tertiary/aromatic N) is 2. The summed E-state index contributed by atoms with van der Waals surface area (Å²) in [6, 6.07) is 10.4. The molecule has 1 rings (SSSR count). The molecule has 1 aromatic carbocycles. The third-order valence-corrected chi connectivity index (χ3v) is 3.22. The summed E-state index contributed by atoms with van der Waals surface area (Å²) in [5.74, 6) is 0. The summed E-state index contributed by atoms with van der Waals surface area (Å²) < 4.78 is 1.10. The minimum Gasteiger partial charge on any atom is -0.287 e. The molecular weight excluding hydrogens is 252 g/mol. The van der Waals surface area contributed by atoms with Crippen LogP contribution in [-0.2, 0) is 6.54 Å². The molecule has 0 fully saturated rings. The van der Waals surface area contributed by atoms with Crippen LogP contribution in [0, 0.1) is 11.3 Å². The average molecular weight is 267 g/mol. The maximum atomic E-state index is 8.94. The number of halogens is 1. The van der Waals surface area contributed by atoms with E-state index in [9.17, 15) is 0 Å². The standard InChI is InChI=1S/C12H15BrN2/c1-3-11(8-14)15(2)9-10-6-4-5-7-12(10)13/h4-7,11H,3,9H2,1-2H3. The molecule has 1 atom stereocenters. The molecule has 1 unspecified atom stereocenters. The van der Waals surface area contributed by atoms with Gasteiger partial charge in [-0.1, -0.05) is 41.1 Å². The molecule has 0 N–H and O–H groups in total. The molecule has 0 aliphatic rings. The van der Waals surface area contributed by atoms with Crippen LogP contribution in [0.2, 0.25) is 0 Å². The summed E-state index contributed by atoms with van der Waals surface area (Å²) >= 11 is 3.51. The van der Waals surface area contributed by atoms with Gasteiger partial charge in [0.2, 0.25) is 0 Å². The summed E-state index contributed by atoms with van der Waals surface area (Å²) in [6.45, 7) is 2.83. The monoisotopic (exact) mass is 266 g/mol. The van der Waals surface area contributed by atoms with Crippen molar-refractivity contribution in [3.05, 3.63) is 34.3 Å². The topological polar surface area (TPSA) is 27.0 Å². The molecule has 0 bridgehead atoms. The minimum absolute atomic E-state index is 0.00268. The Balaban J connectivity index is 2.70. The smallest absolute Gasteiger partial charge is 0.0975 e. The van der Waals surface area contributed by atoms with Crippen molar-refractivity contribution in [2.24, 2.45) is 0 Å². The largest absolute Gasteiger partial charge is 0.287 e. The van der Waals surface area contributed by atoms with E-state index in [2.05, 4.69) is 33.0 Å². The van der Waals surface area contributed by atoms with Gasteiger partial charge >= 0.3 is 0 Å². The third-order valence-electron chi connectivity index (χ3n) is 2.45. The molecule has 0 amide bonds. The first-order valence-corrected chi connectivity index (χ1v) is 5.81. The maximum Gasteiger partial charge on any atom is 0.0975 e. The number of hydrogen-bond donors (Lipinski definition) is 0. The molecule has 0 aliphatic heterocycles. The average Bonchev–Trinajstić information content (AvgIpc) is 2.23. The molecule has 80 valence electrons. The lowest BCUT2D eigenvalue weighted by Crippen LogP contribution is -2.29. The van der Waals surface area contributed by atoms with Gasteiger partial charge in [-0.05, 0) is 25.1 Å². The van der Waals surface area contributed by atoms with Crippen LogP contribution in [0.15, 0.2) is 28.7 Å². The lowest BCUT2D eigenvalue weighted by molar-refractivity contribution is 0.273. The predicted octanol–water partition coefficient (Wildman–Crippen LogP) is 3.18. The number of hydrogen-bond acceptors (Lipinski definition) is 2. The predicted molar refractivity (Wildman–Crippen MR) is 65.3 cm³/mol. The van der Waals surface area contributed by atoms with Gasteiger partial charge in [0.1, 0.15) is 0 Å². The van der Waals surface area contributed by atoms with Crippen molar-refractivity contribution in [2.45, 2.75) is 25.9 Å². The number of nitriles is 1. The SMILES string of the molecule is CCC(C#N)N(C)Cc1ccccc1Br. The van der Waals surface area contributed by atoms with Crippen molar-refractivity contribution in [1.29, 1.82) is 5.26 Å². The highest BCUT2D eigenvalue weighted by atomic mass is 79.9. The lowest BCUT2D eigenvalue weighted by atomic mass is 10.1. The van der Waals surface area contributed by atoms with Gasteiger partial charge in [0.25, 0.3) is 0 Å². The second-order valence-electron chi connectivity index (χ2n) is 3.56. The van der Waals surface area contributed by atoms with Crippen molar-refractivity contribution in [1.82, 2.24) is 4.90 Å². The van der Waals surface area contributed by atoms with E-state index in [1.54, 1.807) is 0 Å². The molecule has 1 aromatic rings. The van der Waals surface area contributed by atoms with Gasteiger partial charge in [0, 0.05) is 11.0 Å². The normalized spacial score (nSPS) is 12.5. The van der Waals surface area contributed by atoms with Crippen molar-refractivity contribution < 1.29 is 0 Å². The molecule has 15 heavy (non-hydrogen) atoms. The van der Waals surface area contributed by atoms with Crippen LogP contribution in [0.1, 0.15) is 18.9 Å². The molecule has 0 aromatic heterocycles. The molecule has 2 nitrogen and oxygen atoms in total. The van der Waals surface area contributed by atoms with Gasteiger partial charge in [0.05, 0.1) is 12.1 Å². The fourth-order valence-electron chi connectivity index (χ4n) is 1.51. The van der Waals surface area contributed by atoms with E-state index in [1.165, 1.54) is 5.56 Å². The summed E-state index contributed by atoms with van der Waals surface area (Å²) in [5, 5.41) is 8.94. The van der Waals surface area contributed by atoms with Crippen LogP contribution < -0.4 is 0 Å². The zero-order chi connectivity index (χ0) is 11.3. The number of benzene rings is 1. The van der Waals surface area contributed by atoms with Crippen LogP contribution in [0.4, 0.5) is 0 Å². The van der Waals surface area contributed by atoms with Gasteiger partial charge in [-0.25, -0.2) is 0 Å². The molecule has 0 radical (unpaired) electrons. The Morgan fingerprint density at radius 3 is 2.67 bits per heavy atom. The fourth-order valence-corrected chi connectivity index (χ4v) is 1.92. The van der Waals surface area contributed by atoms with Crippen molar-refractivity contribution >= 4 is 15.9 Å². The van der Waals surface area contributed by atoms with Crippen LogP contribution >= 0.6 is 15.9 Å². The van der Waals surface area contributed by atoms with Crippen LogP contribution in [0.3, 0.4) is 0 Å². The zero-order valence-corrected chi connectivity index (χ0v) is 10.7. The first kappa shape index (κ1) is 12.2. The molecule has 3 heteroatoms. The van der Waals surface area contributed by atoms with Crippen molar-refractivity contribution in [3.63, 3.8) is 0 Å². The Morgan fingerprint density at radius 2 is 2.13 bits per heavy atom. The first-order valence-electron chi connectivity index (χ1n) is 5.02. The molecule has 0 saturated heterocycles. The van der Waals surface area contributed by atoms with E-state index in [4.69, 9.17) is 5.26 Å². The van der Waals surface area contributed by atoms with Gasteiger partial charge in [0.15, 0.2) is 0 Å². The van der Waals surface area contributed by atoms with E-state index in [1.807, 2.05) is 32.2 Å². The maximum absolute atomic E-state index is 8.94. The first-order chi connectivity index (χ1) is 7.19. The van der Waals surface area contributed by atoms with E-state index in [0.717, 1.165) is 17.4 Å². The van der Waals surface area contributed by atoms with Gasteiger partial charge in [-0.15, -0.1) is 0 Å². The number of rotatable bonds is 4. The Kier molecular flexibility index (Phi) is 4.80. The summed E-state index contributed by atoms with van der Waals surface area (Å²) in [4.78, 5) is 2.07. The third kappa shape index (κ3) is 3.33. The molecule has 0 aliphatic carbocycles. The Morgan fingerprint density at radius 1 is 1.47 bits per heavy atom. The highest BCUT2D eigenvalue weighted by Gasteiger charge is 2.12. The minimum atomic E-state index is -0.00268. The van der Waals surface area contributed by atoms with E-state index in [-0.39, 0.29) is 6.04 Å². The Hall–Kier alpha value is -0.850. The zero-order valence-electron chi connectivity index (χ0n) is 9.07. The molecular formula is C12H15BrN2. The summed E-state index contributed by atoms with van der Waals surface area (Å²) in [5.41, 5.74) is 1.22. The van der Waals surface area contributed by atoms with Crippen molar-refractivity contribution in [2.75, 3.05) is 7.05 Å². The molecule has 0 saturated carbocycles. The summed E-state index contributed by atoms with van der Waals surface area (Å²) in [7, 11) is 1.98. The van der Waals surface area contributed by atoms with E-state index < -0.39 is 0 Å². The molecule has 0 spiro atoms. The Labute approximate surface area is 99.6 Å². The van der Waals surface area contributed by atoms with Crippen LogP contribution in [0.25, 0.3) is 0 Å². The highest BCUT2D eigenvalue weighted by Crippen LogP contribution is 2.18. The van der Waals surface area contributed by atoms with Gasteiger partial charge < -0.3 is 0 Å². The Bertz CT molecular complexity index is 357. The van der Waals surface area contributed by atoms with E-state index >= 15 is 0 Å². The fraction of sp³-hybridized carbons (Fsp3) is 0.417. The highest BCUT2D eigenvalue weighted by molar-refractivity contribution is 9.10.